The smallest absolute Gasteiger partial charge is 0.248 e. The largest absolute Gasteiger partial charge is 0.493 e. The minimum absolute atomic E-state index is 0.217. The molecule has 1 aromatic heterocycles. The third kappa shape index (κ3) is 4.73. The Morgan fingerprint density at radius 1 is 1.18 bits per heavy atom. The standard InChI is InChI=1S/C28H26FNO3S/c1-5-32-27-18(3)28-22(23(16-33-28)19-10-12-20(29)13-11-19)15-21(27)17(2)14-26(31)30-24-8-6-7-9-25(24)34-4/h6-16H,5H2,1-4H3,(H,30,31)/b17-14+. The van der Waals surface area contributed by atoms with Crippen LogP contribution < -0.4 is 10.1 Å². The highest BCUT2D eigenvalue weighted by Crippen LogP contribution is 2.40. The number of furan rings is 1. The summed E-state index contributed by atoms with van der Waals surface area (Å²) in [4.78, 5) is 13.9. The lowest BCUT2D eigenvalue weighted by molar-refractivity contribution is -0.111. The van der Waals surface area contributed by atoms with E-state index in [1.807, 2.05) is 57.4 Å². The normalized spacial score (nSPS) is 11.6. The fraction of sp³-hybridized carbons (Fsp3) is 0.179. The lowest BCUT2D eigenvalue weighted by Gasteiger charge is -2.15. The van der Waals surface area contributed by atoms with Gasteiger partial charge < -0.3 is 14.5 Å². The van der Waals surface area contributed by atoms with Gasteiger partial charge in [-0.05, 0) is 68.5 Å². The molecule has 1 amide bonds. The van der Waals surface area contributed by atoms with Crippen LogP contribution in [0.25, 0.3) is 27.7 Å². The van der Waals surface area contributed by atoms with Gasteiger partial charge in [0, 0.05) is 33.0 Å². The molecule has 4 aromatic rings. The third-order valence-electron chi connectivity index (χ3n) is 5.63. The van der Waals surface area contributed by atoms with Crippen molar-refractivity contribution < 1.29 is 18.3 Å². The number of rotatable bonds is 7. The lowest BCUT2D eigenvalue weighted by atomic mass is 9.96. The predicted molar refractivity (Wildman–Crippen MR) is 138 cm³/mol. The van der Waals surface area contributed by atoms with Crippen molar-refractivity contribution in [3.8, 4) is 16.9 Å². The maximum absolute atomic E-state index is 13.5. The van der Waals surface area contributed by atoms with Crippen LogP contribution in [0.4, 0.5) is 10.1 Å². The van der Waals surface area contributed by atoms with Gasteiger partial charge in [-0.15, -0.1) is 11.8 Å². The van der Waals surface area contributed by atoms with E-state index >= 15 is 0 Å². The van der Waals surface area contributed by atoms with Gasteiger partial charge in [0.1, 0.15) is 17.1 Å². The summed E-state index contributed by atoms with van der Waals surface area (Å²) in [6.07, 6.45) is 5.23. The molecule has 0 aliphatic carbocycles. The number of anilines is 1. The number of para-hydroxylation sites is 1. The van der Waals surface area contributed by atoms with Gasteiger partial charge in [-0.3, -0.25) is 4.79 Å². The fourth-order valence-corrected chi connectivity index (χ4v) is 4.54. The molecule has 0 radical (unpaired) electrons. The molecule has 0 unspecified atom stereocenters. The Hall–Kier alpha value is -3.51. The number of carbonyl (C=O) groups excluding carboxylic acids is 1. The van der Waals surface area contributed by atoms with Crippen LogP contribution in [0, 0.1) is 12.7 Å². The van der Waals surface area contributed by atoms with Crippen LogP contribution >= 0.6 is 11.8 Å². The Bertz CT molecular complexity index is 1370. The second-order valence-electron chi connectivity index (χ2n) is 7.86. The number of amides is 1. The van der Waals surface area contributed by atoms with Gasteiger partial charge in [-0.2, -0.15) is 0 Å². The molecule has 0 saturated carbocycles. The van der Waals surface area contributed by atoms with Gasteiger partial charge >= 0.3 is 0 Å². The zero-order valence-electron chi connectivity index (χ0n) is 19.6. The monoisotopic (exact) mass is 475 g/mol. The van der Waals surface area contributed by atoms with E-state index in [1.54, 1.807) is 36.2 Å². The number of carbonyl (C=O) groups is 1. The molecule has 4 nitrogen and oxygen atoms in total. The van der Waals surface area contributed by atoms with E-state index < -0.39 is 0 Å². The van der Waals surface area contributed by atoms with Crippen molar-refractivity contribution in [1.82, 2.24) is 0 Å². The molecule has 174 valence electrons. The van der Waals surface area contributed by atoms with Crippen LogP contribution in [-0.2, 0) is 4.79 Å². The summed E-state index contributed by atoms with van der Waals surface area (Å²) in [5.74, 6) is 0.172. The Labute approximate surface area is 202 Å². The van der Waals surface area contributed by atoms with E-state index in [-0.39, 0.29) is 11.7 Å². The van der Waals surface area contributed by atoms with Crippen LogP contribution in [0.2, 0.25) is 0 Å². The highest BCUT2D eigenvalue weighted by Gasteiger charge is 2.19. The van der Waals surface area contributed by atoms with Crippen LogP contribution in [0.3, 0.4) is 0 Å². The van der Waals surface area contributed by atoms with Crippen LogP contribution in [0.1, 0.15) is 25.0 Å². The van der Waals surface area contributed by atoms with Crippen LogP contribution in [-0.4, -0.2) is 18.8 Å². The number of halogens is 1. The Balaban J connectivity index is 1.77. The third-order valence-corrected chi connectivity index (χ3v) is 6.42. The lowest BCUT2D eigenvalue weighted by Crippen LogP contribution is -2.09. The molecule has 1 N–H and O–H groups in total. The quantitative estimate of drug-likeness (QED) is 0.220. The first-order valence-electron chi connectivity index (χ1n) is 11.0. The number of allylic oxidation sites excluding steroid dienone is 1. The first kappa shape index (κ1) is 23.6. The van der Waals surface area contributed by atoms with Crippen molar-refractivity contribution in [1.29, 1.82) is 0 Å². The number of hydrogen-bond donors (Lipinski definition) is 1. The van der Waals surface area contributed by atoms with Gasteiger partial charge in [0.25, 0.3) is 0 Å². The van der Waals surface area contributed by atoms with E-state index in [0.717, 1.165) is 43.8 Å². The average Bonchev–Trinajstić information content (AvgIpc) is 3.26. The molecule has 0 fully saturated rings. The summed E-state index contributed by atoms with van der Waals surface area (Å²) in [5, 5.41) is 3.85. The number of hydrogen-bond acceptors (Lipinski definition) is 4. The van der Waals surface area contributed by atoms with Gasteiger partial charge in [0.05, 0.1) is 18.6 Å². The summed E-state index contributed by atoms with van der Waals surface area (Å²) in [6, 6.07) is 16.0. The van der Waals surface area contributed by atoms with Gasteiger partial charge in [0.2, 0.25) is 5.91 Å². The summed E-state index contributed by atoms with van der Waals surface area (Å²) >= 11 is 1.58. The molecule has 1 heterocycles. The molecule has 0 bridgehead atoms. The van der Waals surface area contributed by atoms with Gasteiger partial charge in [0.15, 0.2) is 0 Å². The summed E-state index contributed by atoms with van der Waals surface area (Å²) in [5.41, 5.74) is 5.61. The predicted octanol–water partition coefficient (Wildman–Crippen LogP) is 7.71. The van der Waals surface area contributed by atoms with E-state index in [4.69, 9.17) is 9.15 Å². The molecule has 0 aliphatic heterocycles. The highest BCUT2D eigenvalue weighted by molar-refractivity contribution is 7.98. The summed E-state index contributed by atoms with van der Waals surface area (Å²) in [6.45, 7) is 6.23. The van der Waals surface area contributed by atoms with Crippen molar-refractivity contribution in [2.45, 2.75) is 25.7 Å². The number of benzene rings is 3. The molecule has 4 rings (SSSR count). The molecule has 0 atom stereocenters. The van der Waals surface area contributed by atoms with Crippen molar-refractivity contribution in [3.05, 3.63) is 83.9 Å². The minimum atomic E-state index is -0.292. The number of aryl methyl sites for hydroxylation is 1. The summed E-state index contributed by atoms with van der Waals surface area (Å²) < 4.78 is 25.3. The maximum Gasteiger partial charge on any atom is 0.248 e. The number of ether oxygens (including phenoxy) is 1. The van der Waals surface area contributed by atoms with Gasteiger partial charge in [-0.1, -0.05) is 24.3 Å². The van der Waals surface area contributed by atoms with Gasteiger partial charge in [-0.25, -0.2) is 4.39 Å². The average molecular weight is 476 g/mol. The molecule has 0 spiro atoms. The molecular formula is C28H26FNO3S. The highest BCUT2D eigenvalue weighted by atomic mass is 32.2. The van der Waals surface area contributed by atoms with E-state index in [2.05, 4.69) is 5.32 Å². The minimum Gasteiger partial charge on any atom is -0.493 e. The van der Waals surface area contributed by atoms with E-state index in [1.165, 1.54) is 12.1 Å². The molecule has 6 heteroatoms. The van der Waals surface area contributed by atoms with Crippen LogP contribution in [0.5, 0.6) is 5.75 Å². The topological polar surface area (TPSA) is 51.5 Å². The van der Waals surface area contributed by atoms with Crippen molar-refractivity contribution >= 4 is 39.9 Å². The second-order valence-corrected chi connectivity index (χ2v) is 8.71. The second kappa shape index (κ2) is 10.2. The zero-order chi connectivity index (χ0) is 24.2. The maximum atomic E-state index is 13.5. The summed E-state index contributed by atoms with van der Waals surface area (Å²) in [7, 11) is 0. The van der Waals surface area contributed by atoms with Crippen LogP contribution in [0.15, 0.2) is 76.2 Å². The van der Waals surface area contributed by atoms with Crippen molar-refractivity contribution in [3.63, 3.8) is 0 Å². The number of nitrogens with one attached hydrogen (secondary N) is 1. The van der Waals surface area contributed by atoms with E-state index in [9.17, 15) is 9.18 Å². The van der Waals surface area contributed by atoms with Crippen molar-refractivity contribution in [2.75, 3.05) is 18.2 Å². The first-order chi connectivity index (χ1) is 16.4. The Morgan fingerprint density at radius 3 is 2.62 bits per heavy atom. The molecular weight excluding hydrogens is 449 g/mol. The molecule has 0 saturated heterocycles. The molecule has 3 aromatic carbocycles. The molecule has 34 heavy (non-hydrogen) atoms. The number of thioether (sulfide) groups is 1. The molecule has 0 aliphatic rings. The Morgan fingerprint density at radius 2 is 1.91 bits per heavy atom. The zero-order valence-corrected chi connectivity index (χ0v) is 20.4. The number of fused-ring (bicyclic) bond motifs is 1. The Kier molecular flexibility index (Phi) is 7.08. The van der Waals surface area contributed by atoms with E-state index in [0.29, 0.717) is 17.9 Å². The fourth-order valence-electron chi connectivity index (χ4n) is 3.98. The van der Waals surface area contributed by atoms with Crippen molar-refractivity contribution in [2.24, 2.45) is 0 Å². The SMILES string of the molecule is CCOc1c(/C(C)=C/C(=O)Nc2ccccc2SC)cc2c(-c3ccc(F)cc3)coc2c1C. The first-order valence-corrected chi connectivity index (χ1v) is 12.2.